The van der Waals surface area contributed by atoms with Gasteiger partial charge in [0.15, 0.2) is 5.96 Å². The van der Waals surface area contributed by atoms with Gasteiger partial charge in [0.1, 0.15) is 0 Å². The van der Waals surface area contributed by atoms with Gasteiger partial charge in [0.2, 0.25) is 0 Å². The van der Waals surface area contributed by atoms with Gasteiger partial charge in [0.25, 0.3) is 0 Å². The average molecular weight is 167 g/mol. The van der Waals surface area contributed by atoms with Crippen molar-refractivity contribution < 1.29 is 0 Å². The fraction of sp³-hybridized carbons (Fsp3) is 0.889. The molecule has 0 saturated heterocycles. The molecule has 68 valence electrons. The van der Waals surface area contributed by atoms with Crippen LogP contribution in [0.1, 0.15) is 32.6 Å². The Hall–Kier alpha value is -0.730. The summed E-state index contributed by atoms with van der Waals surface area (Å²) in [6, 6.07) is 1.26. The summed E-state index contributed by atoms with van der Waals surface area (Å²) in [7, 11) is 0. The van der Waals surface area contributed by atoms with Crippen LogP contribution in [-0.4, -0.2) is 29.5 Å². The van der Waals surface area contributed by atoms with Crippen molar-refractivity contribution in [2.24, 2.45) is 10.7 Å². The number of rotatable bonds is 3. The van der Waals surface area contributed by atoms with Crippen LogP contribution in [0.15, 0.2) is 4.99 Å². The van der Waals surface area contributed by atoms with Gasteiger partial charge in [-0.05, 0) is 32.6 Å². The standard InChI is InChI=1S/C9H17N3/c1-2-12(8-5-6-8)9(10)11-7-3-4-7/h7-8H,2-6H2,1H3,(H2,10,11). The predicted octanol–water partition coefficient (Wildman–Crippen LogP) is 0.948. The molecule has 0 aromatic heterocycles. The van der Waals surface area contributed by atoms with E-state index in [1.807, 2.05) is 0 Å². The van der Waals surface area contributed by atoms with Gasteiger partial charge < -0.3 is 10.6 Å². The van der Waals surface area contributed by atoms with Gasteiger partial charge >= 0.3 is 0 Å². The van der Waals surface area contributed by atoms with Gasteiger partial charge in [-0.25, -0.2) is 4.99 Å². The van der Waals surface area contributed by atoms with Crippen LogP contribution in [0.2, 0.25) is 0 Å². The minimum Gasteiger partial charge on any atom is -0.370 e. The summed E-state index contributed by atoms with van der Waals surface area (Å²) in [5.41, 5.74) is 5.89. The first-order chi connectivity index (χ1) is 5.81. The Labute approximate surface area is 73.6 Å². The topological polar surface area (TPSA) is 41.6 Å². The maximum Gasteiger partial charge on any atom is 0.191 e. The molecule has 2 saturated carbocycles. The Morgan fingerprint density at radius 2 is 2.08 bits per heavy atom. The van der Waals surface area contributed by atoms with E-state index in [2.05, 4.69) is 16.8 Å². The minimum absolute atomic E-state index is 0.554. The summed E-state index contributed by atoms with van der Waals surface area (Å²) in [6.45, 7) is 3.15. The third-order valence-corrected chi connectivity index (χ3v) is 2.48. The van der Waals surface area contributed by atoms with Gasteiger partial charge in [-0.1, -0.05) is 0 Å². The second-order valence-corrected chi connectivity index (χ2v) is 3.74. The summed E-state index contributed by atoms with van der Waals surface area (Å²) in [5, 5.41) is 0. The lowest BCUT2D eigenvalue weighted by molar-refractivity contribution is 0.424. The average Bonchev–Trinajstić information content (AvgIpc) is 2.80. The molecule has 0 aliphatic heterocycles. The number of hydrogen-bond acceptors (Lipinski definition) is 1. The van der Waals surface area contributed by atoms with Crippen molar-refractivity contribution in [2.45, 2.75) is 44.7 Å². The first-order valence-corrected chi connectivity index (χ1v) is 4.91. The molecule has 0 atom stereocenters. The molecule has 2 N–H and O–H groups in total. The molecule has 0 aromatic carbocycles. The highest BCUT2D eigenvalue weighted by molar-refractivity contribution is 5.79. The number of nitrogens with two attached hydrogens (primary N) is 1. The van der Waals surface area contributed by atoms with Gasteiger partial charge in [-0.3, -0.25) is 0 Å². The van der Waals surface area contributed by atoms with Crippen LogP contribution in [-0.2, 0) is 0 Å². The maximum absolute atomic E-state index is 5.89. The Morgan fingerprint density at radius 1 is 1.42 bits per heavy atom. The van der Waals surface area contributed by atoms with E-state index in [0.29, 0.717) is 12.1 Å². The molecule has 3 heteroatoms. The van der Waals surface area contributed by atoms with Gasteiger partial charge in [-0.2, -0.15) is 0 Å². The molecule has 2 fully saturated rings. The lowest BCUT2D eigenvalue weighted by atomic mass is 10.5. The molecule has 0 amide bonds. The minimum atomic E-state index is 0.554. The Morgan fingerprint density at radius 3 is 2.50 bits per heavy atom. The molecule has 0 unspecified atom stereocenters. The maximum atomic E-state index is 5.89. The van der Waals surface area contributed by atoms with Crippen LogP contribution in [0.4, 0.5) is 0 Å². The molecule has 2 aliphatic carbocycles. The van der Waals surface area contributed by atoms with Crippen molar-refractivity contribution in [1.82, 2.24) is 4.90 Å². The highest BCUT2D eigenvalue weighted by atomic mass is 15.3. The Bertz CT molecular complexity index is 192. The quantitative estimate of drug-likeness (QED) is 0.502. The fourth-order valence-electron chi connectivity index (χ4n) is 1.46. The number of hydrogen-bond donors (Lipinski definition) is 1. The lowest BCUT2D eigenvalue weighted by Gasteiger charge is -2.20. The molecule has 12 heavy (non-hydrogen) atoms. The summed E-state index contributed by atoms with van der Waals surface area (Å²) in [5.74, 6) is 0.780. The lowest BCUT2D eigenvalue weighted by Crippen LogP contribution is -2.39. The van der Waals surface area contributed by atoms with E-state index >= 15 is 0 Å². The van der Waals surface area contributed by atoms with Gasteiger partial charge in [0.05, 0.1) is 6.04 Å². The largest absolute Gasteiger partial charge is 0.370 e. The van der Waals surface area contributed by atoms with Crippen LogP contribution < -0.4 is 5.73 Å². The second kappa shape index (κ2) is 2.96. The van der Waals surface area contributed by atoms with E-state index in [1.54, 1.807) is 0 Å². The monoisotopic (exact) mass is 167 g/mol. The molecule has 0 bridgehead atoms. The van der Waals surface area contributed by atoms with E-state index in [4.69, 9.17) is 5.73 Å². The third-order valence-electron chi connectivity index (χ3n) is 2.48. The van der Waals surface area contributed by atoms with Crippen LogP contribution in [0.5, 0.6) is 0 Å². The van der Waals surface area contributed by atoms with Crippen molar-refractivity contribution in [3.05, 3.63) is 0 Å². The summed E-state index contributed by atoms with van der Waals surface area (Å²) >= 11 is 0. The number of nitrogens with zero attached hydrogens (tertiary/aromatic N) is 2. The normalized spacial score (nSPS) is 24.2. The fourth-order valence-corrected chi connectivity index (χ4v) is 1.46. The van der Waals surface area contributed by atoms with E-state index in [9.17, 15) is 0 Å². The molecular weight excluding hydrogens is 150 g/mol. The SMILES string of the molecule is CCN(C(N)=NC1CC1)C1CC1. The van der Waals surface area contributed by atoms with E-state index in [0.717, 1.165) is 12.5 Å². The van der Waals surface area contributed by atoms with E-state index in [1.165, 1.54) is 25.7 Å². The van der Waals surface area contributed by atoms with Crippen LogP contribution in [0.3, 0.4) is 0 Å². The van der Waals surface area contributed by atoms with Crippen LogP contribution >= 0.6 is 0 Å². The van der Waals surface area contributed by atoms with E-state index < -0.39 is 0 Å². The molecule has 2 aliphatic rings. The van der Waals surface area contributed by atoms with Crippen molar-refractivity contribution in [1.29, 1.82) is 0 Å². The van der Waals surface area contributed by atoms with Crippen LogP contribution in [0.25, 0.3) is 0 Å². The predicted molar refractivity (Wildman–Crippen MR) is 50.0 cm³/mol. The zero-order chi connectivity index (χ0) is 8.55. The van der Waals surface area contributed by atoms with Crippen molar-refractivity contribution in [3.63, 3.8) is 0 Å². The van der Waals surface area contributed by atoms with Crippen molar-refractivity contribution >= 4 is 5.96 Å². The van der Waals surface area contributed by atoms with Gasteiger partial charge in [-0.15, -0.1) is 0 Å². The zero-order valence-electron chi connectivity index (χ0n) is 7.66. The first-order valence-electron chi connectivity index (χ1n) is 4.91. The van der Waals surface area contributed by atoms with Crippen molar-refractivity contribution in [3.8, 4) is 0 Å². The molecule has 0 radical (unpaired) electrons. The van der Waals surface area contributed by atoms with Gasteiger partial charge in [0, 0.05) is 12.6 Å². The summed E-state index contributed by atoms with van der Waals surface area (Å²) in [4.78, 5) is 6.68. The van der Waals surface area contributed by atoms with Crippen LogP contribution in [0, 0.1) is 0 Å². The van der Waals surface area contributed by atoms with E-state index in [-0.39, 0.29) is 0 Å². The molecule has 3 nitrogen and oxygen atoms in total. The molecular formula is C9H17N3. The molecule has 0 heterocycles. The molecule has 2 rings (SSSR count). The zero-order valence-corrected chi connectivity index (χ0v) is 7.66. The third kappa shape index (κ3) is 1.71. The summed E-state index contributed by atoms with van der Waals surface area (Å²) in [6.07, 6.45) is 5.08. The number of aliphatic imine (C=N–C) groups is 1. The second-order valence-electron chi connectivity index (χ2n) is 3.74. The molecule has 0 spiro atoms. The Balaban J connectivity index is 1.93. The van der Waals surface area contributed by atoms with Crippen molar-refractivity contribution in [2.75, 3.05) is 6.54 Å². The number of guanidine groups is 1. The Kier molecular flexibility index (Phi) is 1.95. The highest BCUT2D eigenvalue weighted by Gasteiger charge is 2.30. The molecule has 0 aromatic rings. The summed E-state index contributed by atoms with van der Waals surface area (Å²) < 4.78 is 0. The first kappa shape index (κ1) is 7.90. The highest BCUT2D eigenvalue weighted by Crippen LogP contribution is 2.28. The smallest absolute Gasteiger partial charge is 0.191 e.